The molecule has 3 aromatic heterocycles. The Morgan fingerprint density at radius 2 is 2.12 bits per heavy atom. The molecule has 4 heterocycles. The number of β-amino-alcohol motifs (C(OH)–C–C–N with tert-alkyl or cyclic N) is 1. The quantitative estimate of drug-likeness (QED) is 0.459. The molecule has 1 unspecified atom stereocenters. The van der Waals surface area contributed by atoms with Crippen LogP contribution in [0.3, 0.4) is 0 Å². The van der Waals surface area contributed by atoms with Crippen LogP contribution in [0, 0.1) is 0 Å². The number of aryl methyl sites for hydroxylation is 1. The fourth-order valence-corrected chi connectivity index (χ4v) is 4.46. The highest BCUT2D eigenvalue weighted by molar-refractivity contribution is 6.32. The van der Waals surface area contributed by atoms with Gasteiger partial charge >= 0.3 is 0 Å². The molecule has 1 aliphatic rings. The molecule has 0 radical (unpaired) electrons. The molecule has 1 fully saturated rings. The van der Waals surface area contributed by atoms with E-state index in [2.05, 4.69) is 30.5 Å². The number of anilines is 2. The van der Waals surface area contributed by atoms with Gasteiger partial charge in [-0.1, -0.05) is 17.7 Å². The predicted molar refractivity (Wildman–Crippen MR) is 124 cm³/mol. The molecule has 32 heavy (non-hydrogen) atoms. The Balaban J connectivity index is 1.58. The van der Waals surface area contributed by atoms with Crippen LogP contribution >= 0.6 is 11.6 Å². The number of benzene rings is 1. The van der Waals surface area contributed by atoms with Crippen molar-refractivity contribution in [2.75, 3.05) is 30.4 Å². The summed E-state index contributed by atoms with van der Waals surface area (Å²) in [5, 5.41) is 30.2. The number of pyridine rings is 1. The number of methoxy groups -OCH3 is 1. The van der Waals surface area contributed by atoms with Crippen LogP contribution in [0.4, 0.5) is 11.6 Å². The van der Waals surface area contributed by atoms with Crippen molar-refractivity contribution in [2.45, 2.75) is 32.5 Å². The Kier molecular flexibility index (Phi) is 5.44. The van der Waals surface area contributed by atoms with E-state index >= 15 is 0 Å². The first-order valence-corrected chi connectivity index (χ1v) is 11.0. The SMILES string of the molecule is CCn1ncc2c3c(NCc4ccc(OC)c(Cl)c4)nnc(N4CCC(O)C4)c3cnc21. The van der Waals surface area contributed by atoms with Gasteiger partial charge in [-0.2, -0.15) is 5.10 Å². The molecule has 0 spiro atoms. The highest BCUT2D eigenvalue weighted by Crippen LogP contribution is 2.35. The molecule has 1 atom stereocenters. The van der Waals surface area contributed by atoms with E-state index in [0.717, 1.165) is 46.3 Å². The predicted octanol–water partition coefficient (Wildman–Crippen LogP) is 3.24. The molecular formula is C22H24ClN7O2. The monoisotopic (exact) mass is 453 g/mol. The maximum Gasteiger partial charge on any atom is 0.161 e. The number of aromatic nitrogens is 5. The van der Waals surface area contributed by atoms with Crippen molar-refractivity contribution >= 4 is 45.0 Å². The lowest BCUT2D eigenvalue weighted by atomic mass is 10.1. The number of ether oxygens (including phenoxy) is 1. The van der Waals surface area contributed by atoms with E-state index < -0.39 is 0 Å². The standard InChI is InChI=1S/C22H24ClN7O2/c1-3-30-21-16(11-26-30)19-15(10-25-21)22(29-7-6-14(31)12-29)28-27-20(19)24-9-13-4-5-18(32-2)17(23)8-13/h4-5,8,10-11,14,31H,3,6-7,9,12H2,1-2H3,(H,24,27). The molecule has 5 rings (SSSR count). The highest BCUT2D eigenvalue weighted by Gasteiger charge is 2.25. The third-order valence-corrected chi connectivity index (χ3v) is 6.12. The highest BCUT2D eigenvalue weighted by atomic mass is 35.5. The summed E-state index contributed by atoms with van der Waals surface area (Å²) >= 11 is 6.28. The normalized spacial score (nSPS) is 16.2. The van der Waals surface area contributed by atoms with Crippen LogP contribution in [0.1, 0.15) is 18.9 Å². The van der Waals surface area contributed by atoms with Gasteiger partial charge < -0.3 is 20.1 Å². The molecule has 4 aromatic rings. The second-order valence-corrected chi connectivity index (χ2v) is 8.23. The lowest BCUT2D eigenvalue weighted by Crippen LogP contribution is -2.23. The Bertz CT molecular complexity index is 1290. The van der Waals surface area contributed by atoms with Crippen molar-refractivity contribution in [1.29, 1.82) is 0 Å². The maximum atomic E-state index is 10.0. The molecule has 0 aliphatic carbocycles. The van der Waals surface area contributed by atoms with Crippen LogP contribution in [0.15, 0.2) is 30.6 Å². The summed E-state index contributed by atoms with van der Waals surface area (Å²) in [7, 11) is 1.59. The van der Waals surface area contributed by atoms with Gasteiger partial charge in [0.25, 0.3) is 0 Å². The molecular weight excluding hydrogens is 430 g/mol. The number of rotatable bonds is 6. The Morgan fingerprint density at radius 1 is 1.25 bits per heavy atom. The van der Waals surface area contributed by atoms with Crippen molar-refractivity contribution in [2.24, 2.45) is 0 Å². The van der Waals surface area contributed by atoms with E-state index in [1.54, 1.807) is 7.11 Å². The van der Waals surface area contributed by atoms with Gasteiger partial charge in [0.1, 0.15) is 5.75 Å². The van der Waals surface area contributed by atoms with Crippen LogP contribution in [0.2, 0.25) is 5.02 Å². The summed E-state index contributed by atoms with van der Waals surface area (Å²) in [6.07, 6.45) is 4.01. The topological polar surface area (TPSA) is 101 Å². The Labute approximate surface area is 190 Å². The fourth-order valence-electron chi connectivity index (χ4n) is 4.18. The number of aliphatic hydroxyl groups excluding tert-OH is 1. The lowest BCUT2D eigenvalue weighted by molar-refractivity contribution is 0.198. The second kappa shape index (κ2) is 8.40. The average Bonchev–Trinajstić information content (AvgIpc) is 3.43. The third-order valence-electron chi connectivity index (χ3n) is 5.83. The zero-order valence-corrected chi connectivity index (χ0v) is 18.7. The summed E-state index contributed by atoms with van der Waals surface area (Å²) in [6.45, 7) is 4.54. The van der Waals surface area contributed by atoms with Gasteiger partial charge in [0.05, 0.1) is 29.8 Å². The van der Waals surface area contributed by atoms with E-state index in [9.17, 15) is 5.11 Å². The summed E-state index contributed by atoms with van der Waals surface area (Å²) in [6, 6.07) is 5.67. The average molecular weight is 454 g/mol. The van der Waals surface area contributed by atoms with E-state index in [4.69, 9.17) is 16.3 Å². The Hall–Kier alpha value is -3.17. The molecule has 0 bridgehead atoms. The van der Waals surface area contributed by atoms with E-state index in [1.807, 2.05) is 42.2 Å². The minimum atomic E-state index is -0.357. The van der Waals surface area contributed by atoms with Gasteiger partial charge in [-0.15, -0.1) is 10.2 Å². The first kappa shape index (κ1) is 20.7. The molecule has 1 aromatic carbocycles. The number of hydrogen-bond donors (Lipinski definition) is 2. The molecule has 2 N–H and O–H groups in total. The van der Waals surface area contributed by atoms with Gasteiger partial charge in [-0.05, 0) is 31.0 Å². The molecule has 0 saturated carbocycles. The lowest BCUT2D eigenvalue weighted by Gasteiger charge is -2.19. The largest absolute Gasteiger partial charge is 0.495 e. The molecule has 1 saturated heterocycles. The summed E-state index contributed by atoms with van der Waals surface area (Å²) in [4.78, 5) is 6.73. The Morgan fingerprint density at radius 3 is 2.84 bits per heavy atom. The van der Waals surface area contributed by atoms with E-state index in [1.165, 1.54) is 0 Å². The number of halogens is 1. The molecule has 10 heteroatoms. The van der Waals surface area contributed by atoms with Gasteiger partial charge in [0.15, 0.2) is 17.3 Å². The van der Waals surface area contributed by atoms with Crippen molar-refractivity contribution in [3.63, 3.8) is 0 Å². The fraction of sp³-hybridized carbons (Fsp3) is 0.364. The van der Waals surface area contributed by atoms with Crippen LogP contribution in [0.25, 0.3) is 21.8 Å². The first-order chi connectivity index (χ1) is 15.6. The second-order valence-electron chi connectivity index (χ2n) is 7.83. The van der Waals surface area contributed by atoms with Crippen LogP contribution < -0.4 is 15.0 Å². The van der Waals surface area contributed by atoms with Crippen molar-refractivity contribution in [3.8, 4) is 5.75 Å². The van der Waals surface area contributed by atoms with Crippen LogP contribution in [-0.2, 0) is 13.1 Å². The van der Waals surface area contributed by atoms with E-state index in [-0.39, 0.29) is 6.10 Å². The third kappa shape index (κ3) is 3.57. The molecule has 9 nitrogen and oxygen atoms in total. The summed E-state index contributed by atoms with van der Waals surface area (Å²) in [5.74, 6) is 2.02. The summed E-state index contributed by atoms with van der Waals surface area (Å²) < 4.78 is 7.10. The van der Waals surface area contributed by atoms with Gasteiger partial charge in [-0.3, -0.25) is 0 Å². The number of aliphatic hydroxyl groups is 1. The van der Waals surface area contributed by atoms with Gasteiger partial charge in [0.2, 0.25) is 0 Å². The number of fused-ring (bicyclic) bond motifs is 3. The number of nitrogens with one attached hydrogen (secondary N) is 1. The van der Waals surface area contributed by atoms with Crippen molar-refractivity contribution in [3.05, 3.63) is 41.2 Å². The van der Waals surface area contributed by atoms with Crippen molar-refractivity contribution < 1.29 is 9.84 Å². The minimum Gasteiger partial charge on any atom is -0.495 e. The number of hydrogen-bond acceptors (Lipinski definition) is 8. The summed E-state index contributed by atoms with van der Waals surface area (Å²) in [5.41, 5.74) is 1.79. The molecule has 1 aliphatic heterocycles. The van der Waals surface area contributed by atoms with Gasteiger partial charge in [-0.25, -0.2) is 9.67 Å². The maximum absolute atomic E-state index is 10.0. The van der Waals surface area contributed by atoms with Crippen LogP contribution in [0.5, 0.6) is 5.75 Å². The van der Waals surface area contributed by atoms with Crippen molar-refractivity contribution in [1.82, 2.24) is 25.0 Å². The zero-order chi connectivity index (χ0) is 22.2. The van der Waals surface area contributed by atoms with Gasteiger partial charge in [0, 0.05) is 43.1 Å². The molecule has 0 amide bonds. The first-order valence-electron chi connectivity index (χ1n) is 10.6. The molecule has 166 valence electrons. The minimum absolute atomic E-state index is 0.357. The smallest absolute Gasteiger partial charge is 0.161 e. The van der Waals surface area contributed by atoms with E-state index in [0.29, 0.717) is 36.1 Å². The number of nitrogens with zero attached hydrogens (tertiary/aromatic N) is 6. The van der Waals surface area contributed by atoms with Crippen LogP contribution in [-0.4, -0.2) is 56.4 Å². The zero-order valence-electron chi connectivity index (χ0n) is 17.9.